The Labute approximate surface area is 134 Å². The summed E-state index contributed by atoms with van der Waals surface area (Å²) in [6, 6.07) is 13.3. The van der Waals surface area contributed by atoms with Gasteiger partial charge in [0.1, 0.15) is 5.82 Å². The van der Waals surface area contributed by atoms with E-state index in [1.807, 2.05) is 18.9 Å². The van der Waals surface area contributed by atoms with Gasteiger partial charge in [-0.05, 0) is 49.9 Å². The van der Waals surface area contributed by atoms with Crippen molar-refractivity contribution in [1.29, 1.82) is 0 Å². The number of carbonyl (C=O) groups excluding carboxylic acids is 1. The smallest absolute Gasteiger partial charge is 0.238 e. The highest BCUT2D eigenvalue weighted by Crippen LogP contribution is 2.19. The Morgan fingerprint density at radius 1 is 1.27 bits per heavy atom. The number of hydrogen-bond donors (Lipinski definition) is 1. The number of rotatable bonds is 5. The van der Waals surface area contributed by atoms with Gasteiger partial charge in [-0.25, -0.2) is 4.39 Å². The third-order valence-corrected chi connectivity index (χ3v) is 3.75. The van der Waals surface area contributed by atoms with Gasteiger partial charge in [-0.3, -0.25) is 9.69 Å². The molecular formula is C17H18ClFN2O. The van der Waals surface area contributed by atoms with Gasteiger partial charge in [-0.15, -0.1) is 0 Å². The van der Waals surface area contributed by atoms with Crippen molar-refractivity contribution in [2.45, 2.75) is 13.0 Å². The molecule has 0 aliphatic rings. The predicted molar refractivity (Wildman–Crippen MR) is 87.5 cm³/mol. The van der Waals surface area contributed by atoms with Crippen LogP contribution in [-0.2, 0) is 4.79 Å². The Kier molecular flexibility index (Phi) is 5.52. The molecule has 2 rings (SSSR count). The number of likely N-dealkylation sites (N-methyl/N-ethyl adjacent to an activating group) is 1. The Morgan fingerprint density at radius 3 is 2.59 bits per heavy atom. The minimum atomic E-state index is -0.266. The van der Waals surface area contributed by atoms with Crippen molar-refractivity contribution in [3.63, 3.8) is 0 Å². The normalized spacial score (nSPS) is 12.2. The lowest BCUT2D eigenvalue weighted by Gasteiger charge is -2.24. The van der Waals surface area contributed by atoms with Gasteiger partial charge in [-0.1, -0.05) is 29.8 Å². The van der Waals surface area contributed by atoms with Gasteiger partial charge in [0.2, 0.25) is 5.91 Å². The molecule has 1 unspecified atom stereocenters. The van der Waals surface area contributed by atoms with E-state index < -0.39 is 0 Å². The Bertz CT molecular complexity index is 645. The lowest BCUT2D eigenvalue weighted by atomic mass is 10.1. The quantitative estimate of drug-likeness (QED) is 0.899. The summed E-state index contributed by atoms with van der Waals surface area (Å²) in [6.07, 6.45) is 0. The van der Waals surface area contributed by atoms with Crippen molar-refractivity contribution < 1.29 is 9.18 Å². The summed E-state index contributed by atoms with van der Waals surface area (Å²) >= 11 is 5.88. The van der Waals surface area contributed by atoms with Crippen LogP contribution in [0.25, 0.3) is 0 Å². The fourth-order valence-corrected chi connectivity index (χ4v) is 2.32. The second-order valence-electron chi connectivity index (χ2n) is 5.20. The van der Waals surface area contributed by atoms with E-state index in [4.69, 9.17) is 11.6 Å². The summed E-state index contributed by atoms with van der Waals surface area (Å²) in [5.74, 6) is -0.393. The molecule has 0 spiro atoms. The average molecular weight is 321 g/mol. The van der Waals surface area contributed by atoms with E-state index in [9.17, 15) is 9.18 Å². The number of nitrogens with one attached hydrogen (secondary N) is 1. The SMILES string of the molecule is CC(c1ccc(F)cc1)N(C)CC(=O)Nc1cccc(Cl)c1. The fraction of sp³-hybridized carbons (Fsp3) is 0.235. The lowest BCUT2D eigenvalue weighted by molar-refractivity contribution is -0.117. The van der Waals surface area contributed by atoms with Crippen LogP contribution in [0.5, 0.6) is 0 Å². The van der Waals surface area contributed by atoms with Crippen LogP contribution in [0.3, 0.4) is 0 Å². The van der Waals surface area contributed by atoms with Crippen LogP contribution >= 0.6 is 11.6 Å². The summed E-state index contributed by atoms with van der Waals surface area (Å²) in [4.78, 5) is 14.0. The zero-order valence-electron chi connectivity index (χ0n) is 12.5. The van der Waals surface area contributed by atoms with E-state index in [0.29, 0.717) is 10.7 Å². The first-order chi connectivity index (χ1) is 10.5. The number of anilines is 1. The van der Waals surface area contributed by atoms with E-state index in [-0.39, 0.29) is 24.3 Å². The van der Waals surface area contributed by atoms with Gasteiger partial charge in [-0.2, -0.15) is 0 Å². The number of hydrogen-bond acceptors (Lipinski definition) is 2. The summed E-state index contributed by atoms with van der Waals surface area (Å²) in [7, 11) is 1.85. The Hall–Kier alpha value is -1.91. The van der Waals surface area contributed by atoms with Crippen LogP contribution in [0.2, 0.25) is 5.02 Å². The molecule has 1 amide bonds. The number of amides is 1. The molecule has 0 aliphatic heterocycles. The number of halogens is 2. The highest BCUT2D eigenvalue weighted by atomic mass is 35.5. The second kappa shape index (κ2) is 7.38. The van der Waals surface area contributed by atoms with Crippen LogP contribution in [0.15, 0.2) is 48.5 Å². The molecule has 22 heavy (non-hydrogen) atoms. The molecule has 0 radical (unpaired) electrons. The van der Waals surface area contributed by atoms with Crippen LogP contribution in [0.1, 0.15) is 18.5 Å². The molecule has 2 aromatic carbocycles. The standard InChI is InChI=1S/C17H18ClFN2O/c1-12(13-6-8-15(19)9-7-13)21(2)11-17(22)20-16-5-3-4-14(18)10-16/h3-10,12H,11H2,1-2H3,(H,20,22). The number of benzene rings is 2. The molecule has 116 valence electrons. The first-order valence-electron chi connectivity index (χ1n) is 6.97. The molecule has 0 aromatic heterocycles. The summed E-state index contributed by atoms with van der Waals surface area (Å²) in [5, 5.41) is 3.38. The largest absolute Gasteiger partial charge is 0.325 e. The van der Waals surface area contributed by atoms with Gasteiger partial charge >= 0.3 is 0 Å². The van der Waals surface area contributed by atoms with Gasteiger partial charge < -0.3 is 5.32 Å². The predicted octanol–water partition coefficient (Wildman–Crippen LogP) is 4.11. The van der Waals surface area contributed by atoms with E-state index >= 15 is 0 Å². The van der Waals surface area contributed by atoms with Crippen LogP contribution in [0, 0.1) is 5.82 Å². The average Bonchev–Trinajstić information content (AvgIpc) is 2.47. The van der Waals surface area contributed by atoms with E-state index in [2.05, 4.69) is 5.32 Å². The molecular weight excluding hydrogens is 303 g/mol. The Balaban J connectivity index is 1.94. The number of nitrogens with zero attached hydrogens (tertiary/aromatic N) is 1. The van der Waals surface area contributed by atoms with Crippen LogP contribution < -0.4 is 5.32 Å². The van der Waals surface area contributed by atoms with Gasteiger partial charge in [0.15, 0.2) is 0 Å². The molecule has 1 atom stereocenters. The maximum Gasteiger partial charge on any atom is 0.238 e. The zero-order valence-corrected chi connectivity index (χ0v) is 13.3. The van der Waals surface area contributed by atoms with Crippen molar-refractivity contribution in [2.24, 2.45) is 0 Å². The first kappa shape index (κ1) is 16.5. The van der Waals surface area contributed by atoms with E-state index in [0.717, 1.165) is 5.56 Å². The third-order valence-electron chi connectivity index (χ3n) is 3.51. The molecule has 0 saturated heterocycles. The van der Waals surface area contributed by atoms with Crippen LogP contribution in [-0.4, -0.2) is 24.4 Å². The minimum absolute atomic E-state index is 0.00529. The highest BCUT2D eigenvalue weighted by Gasteiger charge is 2.15. The topological polar surface area (TPSA) is 32.3 Å². The Morgan fingerprint density at radius 2 is 1.95 bits per heavy atom. The third kappa shape index (κ3) is 4.55. The van der Waals surface area contributed by atoms with Crippen molar-refractivity contribution in [3.8, 4) is 0 Å². The molecule has 0 fully saturated rings. The molecule has 1 N–H and O–H groups in total. The molecule has 5 heteroatoms. The molecule has 2 aromatic rings. The summed E-state index contributed by atoms with van der Waals surface area (Å²) in [6.45, 7) is 2.20. The van der Waals surface area contributed by atoms with Crippen molar-refractivity contribution in [1.82, 2.24) is 4.90 Å². The van der Waals surface area contributed by atoms with Gasteiger partial charge in [0, 0.05) is 16.8 Å². The molecule has 0 aliphatic carbocycles. The van der Waals surface area contributed by atoms with Crippen molar-refractivity contribution in [3.05, 3.63) is 64.9 Å². The molecule has 0 heterocycles. The molecule has 0 bridgehead atoms. The van der Waals surface area contributed by atoms with Crippen LogP contribution in [0.4, 0.5) is 10.1 Å². The molecule has 3 nitrogen and oxygen atoms in total. The first-order valence-corrected chi connectivity index (χ1v) is 7.34. The van der Waals surface area contributed by atoms with Gasteiger partial charge in [0.25, 0.3) is 0 Å². The fourth-order valence-electron chi connectivity index (χ4n) is 2.13. The molecule has 0 saturated carbocycles. The van der Waals surface area contributed by atoms with E-state index in [1.165, 1.54) is 12.1 Å². The summed E-state index contributed by atoms with van der Waals surface area (Å²) < 4.78 is 12.9. The maximum atomic E-state index is 12.9. The van der Waals surface area contributed by atoms with Crippen molar-refractivity contribution >= 4 is 23.2 Å². The highest BCUT2D eigenvalue weighted by molar-refractivity contribution is 6.30. The maximum absolute atomic E-state index is 12.9. The minimum Gasteiger partial charge on any atom is -0.325 e. The summed E-state index contributed by atoms with van der Waals surface area (Å²) in [5.41, 5.74) is 1.62. The van der Waals surface area contributed by atoms with Crippen molar-refractivity contribution in [2.75, 3.05) is 18.9 Å². The number of carbonyl (C=O) groups is 1. The lowest BCUT2D eigenvalue weighted by Crippen LogP contribution is -2.32. The monoisotopic (exact) mass is 320 g/mol. The second-order valence-corrected chi connectivity index (χ2v) is 5.64. The zero-order chi connectivity index (χ0) is 16.1. The van der Waals surface area contributed by atoms with Gasteiger partial charge in [0.05, 0.1) is 6.54 Å². The van der Waals surface area contributed by atoms with E-state index in [1.54, 1.807) is 36.4 Å².